The molecule has 102 valence electrons. The van der Waals surface area contributed by atoms with E-state index in [0.717, 1.165) is 27.2 Å². The molecule has 1 heterocycles. The Hall–Kier alpha value is -0.780. The van der Waals surface area contributed by atoms with Crippen LogP contribution in [0.15, 0.2) is 43.9 Å². The molecule has 1 aromatic carbocycles. The van der Waals surface area contributed by atoms with Crippen molar-refractivity contribution in [3.63, 3.8) is 0 Å². The summed E-state index contributed by atoms with van der Waals surface area (Å²) in [7, 11) is 0. The standard InChI is InChI=1S/C14H15Br2NO2/c1-10-3-2-4-11(7-10)18-6-5-17-9-12-8-13(15)14(16)19-12/h2-4,7-8,17H,5-6,9H2,1H3. The fourth-order valence-electron chi connectivity index (χ4n) is 1.64. The Kier molecular flexibility index (Phi) is 5.48. The van der Waals surface area contributed by atoms with E-state index in [1.807, 2.05) is 24.3 Å². The van der Waals surface area contributed by atoms with Crippen LogP contribution in [0.5, 0.6) is 5.75 Å². The van der Waals surface area contributed by atoms with E-state index in [-0.39, 0.29) is 0 Å². The zero-order chi connectivity index (χ0) is 13.7. The molecular formula is C14H15Br2NO2. The normalized spacial score (nSPS) is 10.7. The minimum absolute atomic E-state index is 0.631. The number of ether oxygens (including phenoxy) is 1. The number of hydrogen-bond donors (Lipinski definition) is 1. The number of aryl methyl sites for hydroxylation is 1. The van der Waals surface area contributed by atoms with Crippen molar-refractivity contribution in [3.8, 4) is 5.75 Å². The Morgan fingerprint density at radius 3 is 2.79 bits per heavy atom. The van der Waals surface area contributed by atoms with Crippen molar-refractivity contribution < 1.29 is 9.15 Å². The summed E-state index contributed by atoms with van der Waals surface area (Å²) >= 11 is 6.69. The molecule has 0 aliphatic carbocycles. The van der Waals surface area contributed by atoms with Gasteiger partial charge in [-0.3, -0.25) is 0 Å². The number of rotatable bonds is 6. The smallest absolute Gasteiger partial charge is 0.183 e. The van der Waals surface area contributed by atoms with Crippen molar-refractivity contribution in [3.05, 3.63) is 50.8 Å². The summed E-state index contributed by atoms with van der Waals surface area (Å²) in [4.78, 5) is 0. The second-order valence-electron chi connectivity index (χ2n) is 4.18. The fourth-order valence-corrected chi connectivity index (χ4v) is 2.29. The lowest BCUT2D eigenvalue weighted by Gasteiger charge is -2.07. The zero-order valence-electron chi connectivity index (χ0n) is 10.6. The number of halogens is 2. The summed E-state index contributed by atoms with van der Waals surface area (Å²) in [6, 6.07) is 9.99. The van der Waals surface area contributed by atoms with Crippen LogP contribution in [0.2, 0.25) is 0 Å². The Labute approximate surface area is 129 Å². The summed E-state index contributed by atoms with van der Waals surface area (Å²) in [5.74, 6) is 1.79. The zero-order valence-corrected chi connectivity index (χ0v) is 13.8. The minimum Gasteiger partial charge on any atom is -0.492 e. The van der Waals surface area contributed by atoms with Gasteiger partial charge in [-0.2, -0.15) is 0 Å². The van der Waals surface area contributed by atoms with Crippen molar-refractivity contribution in [1.29, 1.82) is 0 Å². The van der Waals surface area contributed by atoms with Crippen molar-refractivity contribution >= 4 is 31.9 Å². The summed E-state index contributed by atoms with van der Waals surface area (Å²) < 4.78 is 12.8. The fraction of sp³-hybridized carbons (Fsp3) is 0.286. The maximum Gasteiger partial charge on any atom is 0.183 e. The second-order valence-corrected chi connectivity index (χ2v) is 5.75. The molecule has 0 spiro atoms. The van der Waals surface area contributed by atoms with Gasteiger partial charge in [0.1, 0.15) is 18.1 Å². The van der Waals surface area contributed by atoms with Gasteiger partial charge in [0.25, 0.3) is 0 Å². The van der Waals surface area contributed by atoms with Crippen molar-refractivity contribution in [2.24, 2.45) is 0 Å². The van der Waals surface area contributed by atoms with Gasteiger partial charge >= 0.3 is 0 Å². The molecule has 0 bridgehead atoms. The lowest BCUT2D eigenvalue weighted by atomic mass is 10.2. The first-order valence-electron chi connectivity index (χ1n) is 5.99. The van der Waals surface area contributed by atoms with Crippen LogP contribution in [0.1, 0.15) is 11.3 Å². The van der Waals surface area contributed by atoms with E-state index in [4.69, 9.17) is 9.15 Å². The summed E-state index contributed by atoms with van der Waals surface area (Å²) in [6.07, 6.45) is 0. The molecule has 2 rings (SSSR count). The van der Waals surface area contributed by atoms with Gasteiger partial charge in [0.2, 0.25) is 0 Å². The molecule has 0 aliphatic rings. The molecule has 2 aromatic rings. The van der Waals surface area contributed by atoms with Crippen LogP contribution < -0.4 is 10.1 Å². The highest BCUT2D eigenvalue weighted by molar-refractivity contribution is 9.13. The second kappa shape index (κ2) is 7.12. The molecule has 0 saturated carbocycles. The first-order valence-corrected chi connectivity index (χ1v) is 7.57. The third kappa shape index (κ3) is 4.67. The van der Waals surface area contributed by atoms with E-state index >= 15 is 0 Å². The van der Waals surface area contributed by atoms with Gasteiger partial charge < -0.3 is 14.5 Å². The molecule has 19 heavy (non-hydrogen) atoms. The molecule has 0 atom stereocenters. The average molecular weight is 389 g/mol. The van der Waals surface area contributed by atoms with E-state index in [1.54, 1.807) is 0 Å². The highest BCUT2D eigenvalue weighted by Gasteiger charge is 2.05. The molecule has 0 unspecified atom stereocenters. The maximum atomic E-state index is 5.64. The van der Waals surface area contributed by atoms with Crippen LogP contribution in [0.3, 0.4) is 0 Å². The molecule has 1 N–H and O–H groups in total. The summed E-state index contributed by atoms with van der Waals surface area (Å²) in [6.45, 7) is 4.13. The lowest BCUT2D eigenvalue weighted by molar-refractivity contribution is 0.310. The van der Waals surface area contributed by atoms with Crippen LogP contribution in [0.4, 0.5) is 0 Å². The maximum absolute atomic E-state index is 5.64. The van der Waals surface area contributed by atoms with Gasteiger partial charge in [-0.15, -0.1) is 0 Å². The molecule has 0 radical (unpaired) electrons. The van der Waals surface area contributed by atoms with Crippen LogP contribution in [0.25, 0.3) is 0 Å². The summed E-state index contributed by atoms with van der Waals surface area (Å²) in [5, 5.41) is 3.27. The third-order valence-electron chi connectivity index (χ3n) is 2.53. The molecule has 3 nitrogen and oxygen atoms in total. The highest BCUT2D eigenvalue weighted by atomic mass is 79.9. The van der Waals surface area contributed by atoms with Crippen LogP contribution in [-0.4, -0.2) is 13.2 Å². The molecule has 5 heteroatoms. The van der Waals surface area contributed by atoms with Gasteiger partial charge in [0.15, 0.2) is 4.67 Å². The third-order valence-corrected chi connectivity index (χ3v) is 4.24. The van der Waals surface area contributed by atoms with Gasteiger partial charge in [-0.1, -0.05) is 12.1 Å². The van der Waals surface area contributed by atoms with E-state index < -0.39 is 0 Å². The Morgan fingerprint density at radius 1 is 1.26 bits per heavy atom. The molecule has 0 amide bonds. The number of benzene rings is 1. The first-order chi connectivity index (χ1) is 9.15. The molecule has 0 aliphatic heterocycles. The molecule has 1 aromatic heterocycles. The van der Waals surface area contributed by atoms with Crippen LogP contribution >= 0.6 is 31.9 Å². The van der Waals surface area contributed by atoms with Gasteiger partial charge in [0, 0.05) is 6.54 Å². The van der Waals surface area contributed by atoms with Gasteiger partial charge in [-0.25, -0.2) is 0 Å². The van der Waals surface area contributed by atoms with Crippen molar-refractivity contribution in [1.82, 2.24) is 5.32 Å². The van der Waals surface area contributed by atoms with Gasteiger partial charge in [0.05, 0.1) is 11.0 Å². The van der Waals surface area contributed by atoms with E-state index in [1.165, 1.54) is 5.56 Å². The van der Waals surface area contributed by atoms with E-state index in [2.05, 4.69) is 50.2 Å². The highest BCUT2D eigenvalue weighted by Crippen LogP contribution is 2.26. The average Bonchev–Trinajstić information content (AvgIpc) is 2.68. The number of hydrogen-bond acceptors (Lipinski definition) is 3. The Bertz CT molecular complexity index is 520. The van der Waals surface area contributed by atoms with Crippen LogP contribution in [0, 0.1) is 6.92 Å². The number of nitrogens with one attached hydrogen (secondary N) is 1. The Morgan fingerprint density at radius 2 is 2.11 bits per heavy atom. The molecule has 0 saturated heterocycles. The van der Waals surface area contributed by atoms with Crippen molar-refractivity contribution in [2.75, 3.05) is 13.2 Å². The quantitative estimate of drug-likeness (QED) is 0.750. The lowest BCUT2D eigenvalue weighted by Crippen LogP contribution is -2.20. The topological polar surface area (TPSA) is 34.4 Å². The molecule has 0 fully saturated rings. The van der Waals surface area contributed by atoms with Gasteiger partial charge in [-0.05, 0) is 62.5 Å². The first kappa shape index (κ1) is 14.6. The predicted molar refractivity (Wildman–Crippen MR) is 82.5 cm³/mol. The van der Waals surface area contributed by atoms with Crippen molar-refractivity contribution in [2.45, 2.75) is 13.5 Å². The SMILES string of the molecule is Cc1cccc(OCCNCc2cc(Br)c(Br)o2)c1. The van der Waals surface area contributed by atoms with E-state index in [9.17, 15) is 0 Å². The van der Waals surface area contributed by atoms with E-state index in [0.29, 0.717) is 13.2 Å². The molecular weight excluding hydrogens is 374 g/mol. The van der Waals surface area contributed by atoms with Crippen LogP contribution in [-0.2, 0) is 6.54 Å². The minimum atomic E-state index is 0.631. The predicted octanol–water partition coefficient (Wildman–Crippen LogP) is 4.28. The Balaban J connectivity index is 1.67. The summed E-state index contributed by atoms with van der Waals surface area (Å²) in [5.41, 5.74) is 1.20. The largest absolute Gasteiger partial charge is 0.492 e. The monoisotopic (exact) mass is 387 g/mol. The number of furan rings is 1.